The highest BCUT2D eigenvalue weighted by molar-refractivity contribution is 6.11. The number of benzene rings is 6. The average molecular weight is 652 g/mol. The molecule has 1 aliphatic rings. The van der Waals surface area contributed by atoms with E-state index in [9.17, 15) is 0 Å². The van der Waals surface area contributed by atoms with Crippen LogP contribution in [0, 0.1) is 0 Å². The highest BCUT2D eigenvalue weighted by Crippen LogP contribution is 2.41. The Morgan fingerprint density at radius 2 is 1.29 bits per heavy atom. The van der Waals surface area contributed by atoms with Gasteiger partial charge in [0, 0.05) is 44.6 Å². The van der Waals surface area contributed by atoms with Crippen molar-refractivity contribution in [2.24, 2.45) is 0 Å². The summed E-state index contributed by atoms with van der Waals surface area (Å²) in [5.41, 5.74) is 18.8. The Bertz CT molecular complexity index is 2980. The molecule has 1 aliphatic carbocycles. The van der Waals surface area contributed by atoms with E-state index in [2.05, 4.69) is 172 Å². The number of para-hydroxylation sites is 1. The molecule has 0 radical (unpaired) electrons. The Hall–Kier alpha value is -7.09. The number of allylic oxidation sites excluding steroid dienone is 1. The summed E-state index contributed by atoms with van der Waals surface area (Å²) in [7, 11) is 0. The smallest absolute Gasteiger partial charge is 0.185 e. The van der Waals surface area contributed by atoms with Crippen molar-refractivity contribution in [3.8, 4) is 27.9 Å². The second-order valence-corrected chi connectivity index (χ2v) is 12.7. The Kier molecular flexibility index (Phi) is 6.68. The number of hydrogen-bond acceptors (Lipinski definition) is 3. The molecule has 0 saturated heterocycles. The van der Waals surface area contributed by atoms with E-state index in [4.69, 9.17) is 4.42 Å². The Balaban J connectivity index is 1.17. The largest absolute Gasteiger partial charge is 0.447 e. The number of nitrogens with zero attached hydrogens (tertiary/aromatic N) is 3. The third kappa shape index (κ3) is 4.91. The quantitative estimate of drug-likeness (QED) is 0.168. The van der Waals surface area contributed by atoms with Crippen molar-refractivity contribution in [1.82, 2.24) is 9.55 Å². The summed E-state index contributed by atoms with van der Waals surface area (Å²) >= 11 is 0. The number of pyridine rings is 1. The van der Waals surface area contributed by atoms with Gasteiger partial charge in [-0.1, -0.05) is 84.6 Å². The third-order valence-electron chi connectivity index (χ3n) is 9.72. The van der Waals surface area contributed by atoms with E-state index in [0.29, 0.717) is 0 Å². The summed E-state index contributed by atoms with van der Waals surface area (Å²) < 4.78 is 8.37. The number of anilines is 3. The fraction of sp³-hybridized carbons (Fsp3) is 0. The van der Waals surface area contributed by atoms with Crippen LogP contribution in [0.5, 0.6) is 0 Å². The zero-order valence-electron chi connectivity index (χ0n) is 27.5. The number of furan rings is 1. The molecule has 0 aliphatic heterocycles. The first-order valence-corrected chi connectivity index (χ1v) is 17.0. The minimum Gasteiger partial charge on any atom is -0.447 e. The van der Waals surface area contributed by atoms with Crippen LogP contribution >= 0.6 is 0 Å². The van der Waals surface area contributed by atoms with Crippen molar-refractivity contribution in [1.29, 1.82) is 0 Å². The molecular formula is C47H29N3O. The zero-order valence-corrected chi connectivity index (χ0v) is 27.5. The molecule has 4 heteroatoms. The topological polar surface area (TPSA) is 34.2 Å². The molecule has 0 bridgehead atoms. The van der Waals surface area contributed by atoms with Crippen molar-refractivity contribution < 1.29 is 4.42 Å². The van der Waals surface area contributed by atoms with Gasteiger partial charge >= 0.3 is 0 Å². The number of aromatic nitrogens is 2. The molecule has 6 aromatic carbocycles. The van der Waals surface area contributed by atoms with E-state index >= 15 is 0 Å². The molecule has 9 aromatic rings. The van der Waals surface area contributed by atoms with Crippen LogP contribution in [0.3, 0.4) is 0 Å². The van der Waals surface area contributed by atoms with Crippen LogP contribution in [0.15, 0.2) is 180 Å². The second kappa shape index (κ2) is 11.8. The van der Waals surface area contributed by atoms with E-state index in [1.807, 2.05) is 30.6 Å². The molecule has 0 spiro atoms. The van der Waals surface area contributed by atoms with E-state index in [0.717, 1.165) is 66.5 Å². The van der Waals surface area contributed by atoms with E-state index in [1.165, 1.54) is 21.9 Å². The van der Waals surface area contributed by atoms with Crippen molar-refractivity contribution in [2.45, 2.75) is 0 Å². The van der Waals surface area contributed by atoms with Crippen LogP contribution < -0.4 is 15.5 Å². The van der Waals surface area contributed by atoms with Crippen molar-refractivity contribution in [2.75, 3.05) is 4.90 Å². The van der Waals surface area contributed by atoms with Gasteiger partial charge in [0.2, 0.25) is 0 Å². The maximum absolute atomic E-state index is 6.05. The first kappa shape index (κ1) is 28.9. The van der Waals surface area contributed by atoms with Gasteiger partial charge in [0.15, 0.2) is 5.42 Å². The zero-order chi connectivity index (χ0) is 33.7. The Labute approximate surface area is 294 Å². The minimum atomic E-state index is 0.729. The summed E-state index contributed by atoms with van der Waals surface area (Å²) in [6.45, 7) is 0. The minimum absolute atomic E-state index is 0.729. The lowest BCUT2D eigenvalue weighted by molar-refractivity contribution is 0.576. The first-order valence-electron chi connectivity index (χ1n) is 17.0. The summed E-state index contributed by atoms with van der Waals surface area (Å²) in [6, 6.07) is 54.0. The van der Waals surface area contributed by atoms with Crippen LogP contribution in [-0.2, 0) is 0 Å². The summed E-state index contributed by atoms with van der Waals surface area (Å²) in [6.07, 6.45) is 7.68. The fourth-order valence-corrected chi connectivity index (χ4v) is 7.36. The molecule has 0 saturated carbocycles. The van der Waals surface area contributed by atoms with Gasteiger partial charge in [-0.25, -0.2) is 0 Å². The van der Waals surface area contributed by atoms with Crippen molar-refractivity contribution >= 4 is 61.6 Å². The van der Waals surface area contributed by atoms with Gasteiger partial charge in [0.25, 0.3) is 0 Å². The van der Waals surface area contributed by atoms with E-state index in [-0.39, 0.29) is 0 Å². The van der Waals surface area contributed by atoms with Gasteiger partial charge in [-0.2, -0.15) is 0 Å². The van der Waals surface area contributed by atoms with Crippen molar-refractivity contribution in [3.63, 3.8) is 0 Å². The number of hydrogen-bond donors (Lipinski definition) is 0. The molecule has 0 fully saturated rings. The van der Waals surface area contributed by atoms with Gasteiger partial charge in [0.1, 0.15) is 5.58 Å². The van der Waals surface area contributed by atoms with Gasteiger partial charge in [0.05, 0.1) is 22.9 Å². The van der Waals surface area contributed by atoms with Crippen LogP contribution in [-0.4, -0.2) is 9.55 Å². The lowest BCUT2D eigenvalue weighted by atomic mass is 10.0. The SMILES string of the molecule is C1=C=c2oc3ccc(-c4ccc5c(c4)c4ccc(N(c6ccccc6)c6cccc(-c7ccccc7)c6)cc4n5-c4cccnc4)cc3c2=CC=1. The molecule has 3 heterocycles. The van der Waals surface area contributed by atoms with E-state index < -0.39 is 0 Å². The molecule has 238 valence electrons. The normalized spacial score (nSPS) is 11.8. The summed E-state index contributed by atoms with van der Waals surface area (Å²) in [5, 5.41) is 4.47. The monoisotopic (exact) mass is 651 g/mol. The average Bonchev–Trinajstić information content (AvgIpc) is 3.74. The molecule has 0 atom stereocenters. The highest BCUT2D eigenvalue weighted by Gasteiger charge is 2.19. The Morgan fingerprint density at radius 3 is 2.14 bits per heavy atom. The predicted octanol–water partition coefficient (Wildman–Crippen LogP) is 10.6. The molecule has 4 nitrogen and oxygen atoms in total. The van der Waals surface area contributed by atoms with Crippen LogP contribution in [0.4, 0.5) is 17.1 Å². The number of fused-ring (bicyclic) bond motifs is 6. The Morgan fingerprint density at radius 1 is 0.549 bits per heavy atom. The predicted molar refractivity (Wildman–Crippen MR) is 209 cm³/mol. The molecule has 0 unspecified atom stereocenters. The second-order valence-electron chi connectivity index (χ2n) is 12.7. The standard InChI is InChI=1S/C47H29N3O/c1-3-11-32(12-4-1)33-13-9-16-37(27-33)49(36-14-5-2-6-15-36)38-22-23-40-42-28-34(20-24-44(42)50(45(40)30-38)39-17-10-26-48-31-39)35-21-25-47-43(29-35)41-18-7-8-19-46(41)51-47/h1-7,9-18,20-31H. The van der Waals surface area contributed by atoms with Gasteiger partial charge in [-0.3, -0.25) is 4.98 Å². The van der Waals surface area contributed by atoms with Crippen LogP contribution in [0.2, 0.25) is 0 Å². The van der Waals surface area contributed by atoms with Gasteiger partial charge in [-0.05, 0) is 113 Å². The molecular weight excluding hydrogens is 623 g/mol. The highest BCUT2D eigenvalue weighted by atomic mass is 16.3. The first-order chi connectivity index (χ1) is 25.3. The molecule has 3 aromatic heterocycles. The molecule has 10 rings (SSSR count). The lowest BCUT2D eigenvalue weighted by Gasteiger charge is -2.26. The van der Waals surface area contributed by atoms with Crippen LogP contribution in [0.25, 0.3) is 72.5 Å². The maximum atomic E-state index is 6.05. The summed E-state index contributed by atoms with van der Waals surface area (Å²) in [4.78, 5) is 6.85. The van der Waals surface area contributed by atoms with Crippen LogP contribution in [0.1, 0.15) is 0 Å². The third-order valence-corrected chi connectivity index (χ3v) is 9.72. The molecule has 0 N–H and O–H groups in total. The van der Waals surface area contributed by atoms with Gasteiger partial charge < -0.3 is 13.9 Å². The molecule has 0 amide bonds. The fourth-order valence-electron chi connectivity index (χ4n) is 7.36. The maximum Gasteiger partial charge on any atom is 0.185 e. The lowest BCUT2D eigenvalue weighted by Crippen LogP contribution is -2.18. The summed E-state index contributed by atoms with van der Waals surface area (Å²) in [5.74, 6) is 0. The number of rotatable bonds is 6. The molecule has 51 heavy (non-hydrogen) atoms. The van der Waals surface area contributed by atoms with Crippen molar-refractivity contribution in [3.05, 3.63) is 186 Å². The van der Waals surface area contributed by atoms with Gasteiger partial charge in [-0.15, -0.1) is 0 Å². The van der Waals surface area contributed by atoms with E-state index in [1.54, 1.807) is 0 Å².